The number of rotatable bonds is 2. The highest BCUT2D eigenvalue weighted by Crippen LogP contribution is 2.17. The second-order valence-corrected chi connectivity index (χ2v) is 5.75. The molecule has 4 nitrogen and oxygen atoms in total. The summed E-state index contributed by atoms with van der Waals surface area (Å²) < 4.78 is 13.0. The SMILES string of the molecule is Fc1ccc(NC2=NCCN2C(=S)Nc2cccc(Cl)c2)cc1. The molecule has 0 radical (unpaired) electrons. The fourth-order valence-electron chi connectivity index (χ4n) is 2.17. The molecule has 2 N–H and O–H groups in total. The predicted octanol–water partition coefficient (Wildman–Crippen LogP) is 3.96. The fourth-order valence-corrected chi connectivity index (χ4v) is 2.66. The van der Waals surface area contributed by atoms with Crippen LogP contribution in [0.1, 0.15) is 0 Å². The summed E-state index contributed by atoms with van der Waals surface area (Å²) in [6, 6.07) is 13.4. The van der Waals surface area contributed by atoms with Crippen molar-refractivity contribution in [3.05, 3.63) is 59.4 Å². The molecule has 0 atom stereocenters. The number of hydrogen-bond acceptors (Lipinski definition) is 3. The molecule has 23 heavy (non-hydrogen) atoms. The summed E-state index contributed by atoms with van der Waals surface area (Å²) in [5, 5.41) is 7.46. The van der Waals surface area contributed by atoms with Gasteiger partial charge in [0, 0.05) is 22.9 Å². The quantitative estimate of drug-likeness (QED) is 0.806. The molecule has 7 heteroatoms. The first-order chi connectivity index (χ1) is 11.1. The third-order valence-corrected chi connectivity index (χ3v) is 3.82. The van der Waals surface area contributed by atoms with Crippen molar-refractivity contribution in [1.29, 1.82) is 0 Å². The Morgan fingerprint density at radius 2 is 1.96 bits per heavy atom. The second kappa shape index (κ2) is 6.93. The topological polar surface area (TPSA) is 39.7 Å². The minimum atomic E-state index is -0.279. The number of thiocarbonyl (C=S) groups is 1. The van der Waals surface area contributed by atoms with Crippen molar-refractivity contribution in [2.24, 2.45) is 4.99 Å². The fraction of sp³-hybridized carbons (Fsp3) is 0.125. The van der Waals surface area contributed by atoms with Crippen LogP contribution < -0.4 is 10.6 Å². The van der Waals surface area contributed by atoms with Gasteiger partial charge < -0.3 is 10.6 Å². The van der Waals surface area contributed by atoms with E-state index in [1.165, 1.54) is 12.1 Å². The number of aliphatic imine (C=N–C) groups is 1. The standard InChI is InChI=1S/C16H14ClFN4S/c17-11-2-1-3-14(10-11)21-16(23)22-9-8-19-15(22)20-13-6-4-12(18)5-7-13/h1-7,10H,8-9H2,(H,19,20)(H,21,23). The Balaban J connectivity index is 1.68. The van der Waals surface area contributed by atoms with E-state index in [0.717, 1.165) is 11.4 Å². The van der Waals surface area contributed by atoms with Gasteiger partial charge in [0.05, 0.1) is 6.54 Å². The Morgan fingerprint density at radius 1 is 1.17 bits per heavy atom. The van der Waals surface area contributed by atoms with Gasteiger partial charge in [0.1, 0.15) is 5.82 Å². The van der Waals surface area contributed by atoms with Crippen molar-refractivity contribution in [3.8, 4) is 0 Å². The van der Waals surface area contributed by atoms with Crippen LogP contribution >= 0.6 is 23.8 Å². The minimum Gasteiger partial charge on any atom is -0.332 e. The Labute approximate surface area is 144 Å². The summed E-state index contributed by atoms with van der Waals surface area (Å²) >= 11 is 11.4. The lowest BCUT2D eigenvalue weighted by Gasteiger charge is -2.22. The largest absolute Gasteiger partial charge is 0.332 e. The van der Waals surface area contributed by atoms with Gasteiger partial charge in [-0.05, 0) is 54.7 Å². The molecule has 2 aromatic carbocycles. The summed E-state index contributed by atoms with van der Waals surface area (Å²) in [5.41, 5.74) is 1.57. The van der Waals surface area contributed by atoms with Crippen LogP contribution in [0.25, 0.3) is 0 Å². The van der Waals surface area contributed by atoms with Gasteiger partial charge >= 0.3 is 0 Å². The minimum absolute atomic E-state index is 0.279. The normalized spacial score (nSPS) is 13.7. The number of guanidine groups is 1. The molecule has 0 saturated carbocycles. The first kappa shape index (κ1) is 15.7. The monoisotopic (exact) mass is 348 g/mol. The van der Waals surface area contributed by atoms with E-state index in [4.69, 9.17) is 23.8 Å². The molecule has 0 amide bonds. The van der Waals surface area contributed by atoms with E-state index in [1.807, 2.05) is 17.0 Å². The van der Waals surface area contributed by atoms with Crippen LogP contribution in [-0.2, 0) is 0 Å². The van der Waals surface area contributed by atoms with Gasteiger partial charge in [0.15, 0.2) is 5.11 Å². The highest BCUT2D eigenvalue weighted by atomic mass is 35.5. The number of halogens is 2. The van der Waals surface area contributed by atoms with Crippen LogP contribution in [0, 0.1) is 5.82 Å². The number of benzene rings is 2. The first-order valence-electron chi connectivity index (χ1n) is 7.03. The van der Waals surface area contributed by atoms with Crippen LogP contribution in [0.3, 0.4) is 0 Å². The number of hydrogen-bond donors (Lipinski definition) is 2. The average Bonchev–Trinajstić information content (AvgIpc) is 2.98. The lowest BCUT2D eigenvalue weighted by atomic mass is 10.3. The van der Waals surface area contributed by atoms with Crippen molar-refractivity contribution >= 4 is 46.3 Å². The van der Waals surface area contributed by atoms with Crippen LogP contribution in [0.5, 0.6) is 0 Å². The van der Waals surface area contributed by atoms with Gasteiger partial charge in [-0.2, -0.15) is 0 Å². The molecule has 0 spiro atoms. The molecular weight excluding hydrogens is 335 g/mol. The zero-order valence-corrected chi connectivity index (χ0v) is 13.7. The molecule has 0 unspecified atom stereocenters. The van der Waals surface area contributed by atoms with E-state index < -0.39 is 0 Å². The van der Waals surface area contributed by atoms with Crippen LogP contribution in [0.4, 0.5) is 15.8 Å². The van der Waals surface area contributed by atoms with Gasteiger partial charge in [0.2, 0.25) is 5.96 Å². The van der Waals surface area contributed by atoms with Gasteiger partial charge in [-0.25, -0.2) is 4.39 Å². The van der Waals surface area contributed by atoms with Gasteiger partial charge in [0.25, 0.3) is 0 Å². The van der Waals surface area contributed by atoms with Crippen molar-refractivity contribution in [2.75, 3.05) is 23.7 Å². The number of nitrogens with zero attached hydrogens (tertiary/aromatic N) is 2. The Morgan fingerprint density at radius 3 is 2.70 bits per heavy atom. The summed E-state index contributed by atoms with van der Waals surface area (Å²) in [6.07, 6.45) is 0. The number of anilines is 2. The van der Waals surface area contributed by atoms with E-state index in [2.05, 4.69) is 15.6 Å². The second-order valence-electron chi connectivity index (χ2n) is 4.93. The maximum atomic E-state index is 13.0. The zero-order valence-electron chi connectivity index (χ0n) is 12.1. The van der Waals surface area contributed by atoms with E-state index in [9.17, 15) is 4.39 Å². The molecule has 2 aromatic rings. The van der Waals surface area contributed by atoms with E-state index in [1.54, 1.807) is 24.3 Å². The highest BCUT2D eigenvalue weighted by Gasteiger charge is 2.21. The molecule has 1 heterocycles. The van der Waals surface area contributed by atoms with Crippen LogP contribution in [-0.4, -0.2) is 29.1 Å². The predicted molar refractivity (Wildman–Crippen MR) is 96.7 cm³/mol. The molecule has 0 saturated heterocycles. The third-order valence-electron chi connectivity index (χ3n) is 3.26. The van der Waals surface area contributed by atoms with Crippen molar-refractivity contribution in [1.82, 2.24) is 4.90 Å². The molecule has 118 valence electrons. The van der Waals surface area contributed by atoms with E-state index in [-0.39, 0.29) is 5.82 Å². The summed E-state index contributed by atoms with van der Waals surface area (Å²) in [7, 11) is 0. The summed E-state index contributed by atoms with van der Waals surface area (Å²) in [6.45, 7) is 1.32. The van der Waals surface area contributed by atoms with Crippen molar-refractivity contribution < 1.29 is 4.39 Å². The molecule has 0 fully saturated rings. The Kier molecular flexibility index (Phi) is 4.73. The number of nitrogens with one attached hydrogen (secondary N) is 2. The van der Waals surface area contributed by atoms with Crippen LogP contribution in [0.15, 0.2) is 53.5 Å². The molecule has 0 aromatic heterocycles. The lowest BCUT2D eigenvalue weighted by Crippen LogP contribution is -2.40. The smallest absolute Gasteiger partial charge is 0.204 e. The molecule has 0 bridgehead atoms. The maximum Gasteiger partial charge on any atom is 0.204 e. The molecule has 0 aliphatic carbocycles. The zero-order chi connectivity index (χ0) is 16.2. The van der Waals surface area contributed by atoms with Gasteiger partial charge in [-0.15, -0.1) is 0 Å². The van der Waals surface area contributed by atoms with Crippen molar-refractivity contribution in [3.63, 3.8) is 0 Å². The van der Waals surface area contributed by atoms with Crippen LogP contribution in [0.2, 0.25) is 5.02 Å². The van der Waals surface area contributed by atoms with Gasteiger partial charge in [-0.3, -0.25) is 9.89 Å². The molecule has 1 aliphatic heterocycles. The summed E-state index contributed by atoms with van der Waals surface area (Å²) in [4.78, 5) is 6.26. The maximum absolute atomic E-state index is 13.0. The summed E-state index contributed by atoms with van der Waals surface area (Å²) in [5.74, 6) is 0.357. The van der Waals surface area contributed by atoms with E-state index >= 15 is 0 Å². The lowest BCUT2D eigenvalue weighted by molar-refractivity contribution is 0.628. The van der Waals surface area contributed by atoms with Gasteiger partial charge in [-0.1, -0.05) is 17.7 Å². The molecule has 1 aliphatic rings. The first-order valence-corrected chi connectivity index (χ1v) is 7.81. The Hall–Kier alpha value is -2.18. The van der Waals surface area contributed by atoms with Crippen molar-refractivity contribution in [2.45, 2.75) is 0 Å². The highest BCUT2D eigenvalue weighted by molar-refractivity contribution is 7.80. The Bertz CT molecular complexity index is 748. The van der Waals surface area contributed by atoms with E-state index in [0.29, 0.717) is 29.2 Å². The third kappa shape index (κ3) is 3.97. The molecular formula is C16H14ClFN4S. The average molecular weight is 349 g/mol. The molecule has 3 rings (SSSR count).